The first-order valence-corrected chi connectivity index (χ1v) is 7.40. The van der Waals surface area contributed by atoms with Crippen LogP contribution in [-0.2, 0) is 9.84 Å². The standard InChI is InChI=1S/C11H14N2O4S/c14-10-5-1-4-9(13-10)11(15)12-7-8-3-2-6-18(8,16)17/h1,4-5,8H,2-3,6-7H2,(H,12,15)(H,13,14). The first-order chi connectivity index (χ1) is 8.49. The van der Waals surface area contributed by atoms with E-state index in [0.29, 0.717) is 12.8 Å². The average molecular weight is 270 g/mol. The van der Waals surface area contributed by atoms with Crippen LogP contribution in [0.4, 0.5) is 0 Å². The number of carbonyl (C=O) groups is 1. The number of sulfone groups is 1. The molecular weight excluding hydrogens is 256 g/mol. The molecule has 0 radical (unpaired) electrons. The number of pyridine rings is 1. The predicted octanol–water partition coefficient (Wildman–Crippen LogP) is -0.318. The molecule has 1 atom stereocenters. The smallest absolute Gasteiger partial charge is 0.267 e. The Labute approximate surface area is 104 Å². The fourth-order valence-corrected chi connectivity index (χ4v) is 3.73. The van der Waals surface area contributed by atoms with Crippen molar-refractivity contribution >= 4 is 15.7 Å². The summed E-state index contributed by atoms with van der Waals surface area (Å²) in [7, 11) is -3.06. The Bertz CT molecular complexity index is 605. The van der Waals surface area contributed by atoms with E-state index in [0.717, 1.165) is 0 Å². The van der Waals surface area contributed by atoms with Gasteiger partial charge < -0.3 is 10.3 Å². The van der Waals surface area contributed by atoms with Crippen LogP contribution in [0.1, 0.15) is 23.3 Å². The molecule has 1 aliphatic heterocycles. The lowest BCUT2D eigenvalue weighted by Crippen LogP contribution is -2.35. The molecule has 0 aliphatic carbocycles. The molecule has 1 amide bonds. The van der Waals surface area contributed by atoms with E-state index < -0.39 is 21.0 Å². The second-order valence-electron chi connectivity index (χ2n) is 4.27. The minimum Gasteiger partial charge on any atom is -0.349 e. The minimum absolute atomic E-state index is 0.0953. The van der Waals surface area contributed by atoms with Crippen molar-refractivity contribution < 1.29 is 13.2 Å². The predicted molar refractivity (Wildman–Crippen MR) is 66.2 cm³/mol. The molecule has 0 aromatic carbocycles. The van der Waals surface area contributed by atoms with Gasteiger partial charge in [0.1, 0.15) is 5.69 Å². The van der Waals surface area contributed by atoms with Gasteiger partial charge in [-0.25, -0.2) is 8.42 Å². The third-order valence-corrected chi connectivity index (χ3v) is 5.24. The molecule has 0 bridgehead atoms. The summed E-state index contributed by atoms with van der Waals surface area (Å²) >= 11 is 0. The first-order valence-electron chi connectivity index (χ1n) is 5.68. The van der Waals surface area contributed by atoms with Crippen LogP contribution in [0.15, 0.2) is 23.0 Å². The zero-order valence-corrected chi connectivity index (χ0v) is 10.5. The van der Waals surface area contributed by atoms with Gasteiger partial charge in [-0.3, -0.25) is 9.59 Å². The second kappa shape index (κ2) is 4.93. The third-order valence-electron chi connectivity index (χ3n) is 2.97. The molecule has 6 nitrogen and oxygen atoms in total. The number of amides is 1. The van der Waals surface area contributed by atoms with Gasteiger partial charge >= 0.3 is 0 Å². The first kappa shape index (κ1) is 12.8. The number of carbonyl (C=O) groups excluding carboxylic acids is 1. The molecule has 2 heterocycles. The topological polar surface area (TPSA) is 96.1 Å². The highest BCUT2D eigenvalue weighted by Gasteiger charge is 2.31. The summed E-state index contributed by atoms with van der Waals surface area (Å²) in [6, 6.07) is 4.25. The molecule has 98 valence electrons. The Kier molecular flexibility index (Phi) is 3.51. The van der Waals surface area contributed by atoms with Crippen LogP contribution in [0.3, 0.4) is 0 Å². The second-order valence-corrected chi connectivity index (χ2v) is 6.67. The highest BCUT2D eigenvalue weighted by Crippen LogP contribution is 2.18. The Morgan fingerprint density at radius 2 is 2.22 bits per heavy atom. The van der Waals surface area contributed by atoms with Crippen molar-refractivity contribution in [3.05, 3.63) is 34.2 Å². The molecule has 1 aromatic heterocycles. The van der Waals surface area contributed by atoms with Crippen LogP contribution in [-0.4, -0.2) is 36.9 Å². The monoisotopic (exact) mass is 270 g/mol. The summed E-state index contributed by atoms with van der Waals surface area (Å²) in [6.45, 7) is 0.0953. The van der Waals surface area contributed by atoms with Crippen LogP contribution in [0.2, 0.25) is 0 Å². The van der Waals surface area contributed by atoms with Gasteiger partial charge in [0.05, 0.1) is 11.0 Å². The minimum atomic E-state index is -3.06. The van der Waals surface area contributed by atoms with Crippen molar-refractivity contribution in [3.8, 4) is 0 Å². The maximum absolute atomic E-state index is 11.7. The normalized spacial score (nSPS) is 21.7. The number of hydrogen-bond donors (Lipinski definition) is 2. The van der Waals surface area contributed by atoms with Crippen LogP contribution >= 0.6 is 0 Å². The molecule has 1 aromatic rings. The van der Waals surface area contributed by atoms with Crippen LogP contribution in [0.5, 0.6) is 0 Å². The summed E-state index contributed by atoms with van der Waals surface area (Å²) in [4.78, 5) is 25.1. The van der Waals surface area contributed by atoms with Crippen LogP contribution in [0, 0.1) is 0 Å². The highest BCUT2D eigenvalue weighted by molar-refractivity contribution is 7.92. The molecule has 0 saturated carbocycles. The molecule has 1 saturated heterocycles. The maximum Gasteiger partial charge on any atom is 0.267 e. The molecule has 1 fully saturated rings. The van der Waals surface area contributed by atoms with E-state index in [1.54, 1.807) is 0 Å². The quantitative estimate of drug-likeness (QED) is 0.787. The van der Waals surface area contributed by atoms with E-state index in [2.05, 4.69) is 10.3 Å². The maximum atomic E-state index is 11.7. The van der Waals surface area contributed by atoms with Crippen molar-refractivity contribution in [2.45, 2.75) is 18.1 Å². The number of H-pyrrole nitrogens is 1. The SMILES string of the molecule is O=C(NCC1CCCS1(=O)=O)c1cccc(=O)[nH]1. The number of rotatable bonds is 3. The number of nitrogens with one attached hydrogen (secondary N) is 2. The lowest BCUT2D eigenvalue weighted by atomic mass is 10.2. The Balaban J connectivity index is 1.99. The van der Waals surface area contributed by atoms with Crippen molar-refractivity contribution in [3.63, 3.8) is 0 Å². The van der Waals surface area contributed by atoms with E-state index in [9.17, 15) is 18.0 Å². The number of aromatic amines is 1. The van der Waals surface area contributed by atoms with Gasteiger partial charge in [0.15, 0.2) is 9.84 Å². The average Bonchev–Trinajstić information content (AvgIpc) is 2.65. The number of aromatic nitrogens is 1. The third kappa shape index (κ3) is 2.79. The highest BCUT2D eigenvalue weighted by atomic mass is 32.2. The largest absolute Gasteiger partial charge is 0.349 e. The van der Waals surface area contributed by atoms with Crippen LogP contribution < -0.4 is 10.9 Å². The van der Waals surface area contributed by atoms with Gasteiger partial charge in [-0.1, -0.05) is 6.07 Å². The Morgan fingerprint density at radius 1 is 1.44 bits per heavy atom. The van der Waals surface area contributed by atoms with Crippen molar-refractivity contribution in [1.82, 2.24) is 10.3 Å². The molecule has 2 N–H and O–H groups in total. The van der Waals surface area contributed by atoms with Crippen LogP contribution in [0.25, 0.3) is 0 Å². The lowest BCUT2D eigenvalue weighted by molar-refractivity contribution is 0.0948. The zero-order chi connectivity index (χ0) is 13.2. The van der Waals surface area contributed by atoms with E-state index in [-0.39, 0.29) is 23.6 Å². The summed E-state index contributed by atoms with van der Waals surface area (Å²) in [5.41, 5.74) is -0.228. The summed E-state index contributed by atoms with van der Waals surface area (Å²) in [5, 5.41) is 2.03. The lowest BCUT2D eigenvalue weighted by Gasteiger charge is -2.10. The zero-order valence-electron chi connectivity index (χ0n) is 9.68. The molecule has 1 aliphatic rings. The molecule has 1 unspecified atom stereocenters. The van der Waals surface area contributed by atoms with Crippen molar-refractivity contribution in [2.75, 3.05) is 12.3 Å². The summed E-state index contributed by atoms with van der Waals surface area (Å²) in [6.07, 6.45) is 1.22. The summed E-state index contributed by atoms with van der Waals surface area (Å²) in [5.74, 6) is -0.273. The van der Waals surface area contributed by atoms with Gasteiger partial charge in [-0.15, -0.1) is 0 Å². The molecule has 7 heteroatoms. The van der Waals surface area contributed by atoms with Gasteiger partial charge in [0, 0.05) is 12.6 Å². The van der Waals surface area contributed by atoms with Gasteiger partial charge in [0.25, 0.3) is 5.91 Å². The fourth-order valence-electron chi connectivity index (χ4n) is 1.97. The van der Waals surface area contributed by atoms with Gasteiger partial charge in [0.2, 0.25) is 5.56 Å². The van der Waals surface area contributed by atoms with Crippen molar-refractivity contribution in [1.29, 1.82) is 0 Å². The van der Waals surface area contributed by atoms with E-state index >= 15 is 0 Å². The molecule has 2 rings (SSSR count). The Hall–Kier alpha value is -1.63. The molecular formula is C11H14N2O4S. The Morgan fingerprint density at radius 3 is 2.83 bits per heavy atom. The van der Waals surface area contributed by atoms with E-state index in [1.807, 2.05) is 0 Å². The van der Waals surface area contributed by atoms with E-state index in [4.69, 9.17) is 0 Å². The molecule has 18 heavy (non-hydrogen) atoms. The van der Waals surface area contributed by atoms with Gasteiger partial charge in [-0.2, -0.15) is 0 Å². The number of hydrogen-bond acceptors (Lipinski definition) is 4. The fraction of sp³-hybridized carbons (Fsp3) is 0.455. The van der Waals surface area contributed by atoms with E-state index in [1.165, 1.54) is 18.2 Å². The molecule has 0 spiro atoms. The summed E-state index contributed by atoms with van der Waals surface area (Å²) < 4.78 is 23.1. The van der Waals surface area contributed by atoms with Crippen molar-refractivity contribution in [2.24, 2.45) is 0 Å². The van der Waals surface area contributed by atoms with Gasteiger partial charge in [-0.05, 0) is 18.9 Å².